The Hall–Kier alpha value is -1.23. The van der Waals surface area contributed by atoms with E-state index in [0.29, 0.717) is 11.6 Å². The van der Waals surface area contributed by atoms with Gasteiger partial charge in [0.25, 0.3) is 0 Å². The zero-order chi connectivity index (χ0) is 10.2. The van der Waals surface area contributed by atoms with Gasteiger partial charge in [0.05, 0.1) is 18.1 Å². The molecule has 14 heavy (non-hydrogen) atoms. The van der Waals surface area contributed by atoms with E-state index in [1.807, 2.05) is 17.8 Å². The summed E-state index contributed by atoms with van der Waals surface area (Å²) >= 11 is 1.81. The molecule has 1 aromatic rings. The Morgan fingerprint density at radius 2 is 2.21 bits per heavy atom. The summed E-state index contributed by atoms with van der Waals surface area (Å²) in [4.78, 5) is 8.04. The number of aromatic nitrogens is 2. The van der Waals surface area contributed by atoms with Gasteiger partial charge in [0.2, 0.25) is 5.95 Å². The molecule has 76 valence electrons. The number of rotatable bonds is 6. The van der Waals surface area contributed by atoms with Gasteiger partial charge in [-0.05, 0) is 0 Å². The van der Waals surface area contributed by atoms with E-state index in [9.17, 15) is 0 Å². The van der Waals surface area contributed by atoms with E-state index < -0.39 is 0 Å². The van der Waals surface area contributed by atoms with Gasteiger partial charge in [0.1, 0.15) is 0 Å². The molecule has 0 saturated heterocycles. The van der Waals surface area contributed by atoms with Crippen molar-refractivity contribution in [3.8, 4) is 0 Å². The lowest BCUT2D eigenvalue weighted by molar-refractivity contribution is 1.09. The third-order valence-corrected chi connectivity index (χ3v) is 2.40. The Morgan fingerprint density at radius 3 is 2.86 bits per heavy atom. The SMILES string of the molecule is C=CCSCCNc1ncc(N)cn1. The van der Waals surface area contributed by atoms with Gasteiger partial charge < -0.3 is 11.1 Å². The van der Waals surface area contributed by atoms with Crippen LogP contribution in [0.1, 0.15) is 0 Å². The number of nitrogen functional groups attached to an aromatic ring is 1. The van der Waals surface area contributed by atoms with E-state index in [4.69, 9.17) is 5.73 Å². The Kier molecular flexibility index (Phi) is 4.85. The number of nitrogens with zero attached hydrogens (tertiary/aromatic N) is 2. The zero-order valence-electron chi connectivity index (χ0n) is 7.94. The second kappa shape index (κ2) is 6.26. The molecule has 4 nitrogen and oxygen atoms in total. The molecule has 0 aromatic carbocycles. The van der Waals surface area contributed by atoms with Crippen LogP contribution in [0.4, 0.5) is 11.6 Å². The summed E-state index contributed by atoms with van der Waals surface area (Å²) in [6.45, 7) is 4.50. The molecule has 0 aliphatic rings. The number of anilines is 2. The summed E-state index contributed by atoms with van der Waals surface area (Å²) in [6.07, 6.45) is 5.07. The molecule has 0 saturated carbocycles. The first-order valence-corrected chi connectivity index (χ1v) is 5.48. The Balaban J connectivity index is 2.18. The van der Waals surface area contributed by atoms with Crippen molar-refractivity contribution in [2.75, 3.05) is 29.1 Å². The fourth-order valence-electron chi connectivity index (χ4n) is 0.831. The topological polar surface area (TPSA) is 63.8 Å². The average molecular weight is 210 g/mol. The van der Waals surface area contributed by atoms with Gasteiger partial charge in [-0.3, -0.25) is 0 Å². The van der Waals surface area contributed by atoms with E-state index in [1.165, 1.54) is 0 Å². The lowest BCUT2D eigenvalue weighted by Crippen LogP contribution is -2.07. The van der Waals surface area contributed by atoms with Gasteiger partial charge in [-0.2, -0.15) is 11.8 Å². The largest absolute Gasteiger partial charge is 0.396 e. The van der Waals surface area contributed by atoms with Crippen LogP contribution in [0, 0.1) is 0 Å². The van der Waals surface area contributed by atoms with Crippen molar-refractivity contribution in [2.24, 2.45) is 0 Å². The molecule has 1 rings (SSSR count). The third kappa shape index (κ3) is 4.13. The number of nitrogens with two attached hydrogens (primary N) is 1. The second-order valence-corrected chi connectivity index (χ2v) is 3.78. The first-order chi connectivity index (χ1) is 6.83. The van der Waals surface area contributed by atoms with Crippen molar-refractivity contribution >= 4 is 23.4 Å². The van der Waals surface area contributed by atoms with Crippen LogP contribution in [0.3, 0.4) is 0 Å². The summed E-state index contributed by atoms with van der Waals surface area (Å²) in [6, 6.07) is 0. The Bertz CT molecular complexity index is 273. The summed E-state index contributed by atoms with van der Waals surface area (Å²) in [7, 11) is 0. The molecule has 0 radical (unpaired) electrons. The van der Waals surface area contributed by atoms with Crippen molar-refractivity contribution in [1.29, 1.82) is 0 Å². The lowest BCUT2D eigenvalue weighted by Gasteiger charge is -2.03. The quantitative estimate of drug-likeness (QED) is 0.549. The van der Waals surface area contributed by atoms with Crippen molar-refractivity contribution in [1.82, 2.24) is 9.97 Å². The minimum atomic E-state index is 0.580. The summed E-state index contributed by atoms with van der Waals surface area (Å²) < 4.78 is 0. The lowest BCUT2D eigenvalue weighted by atomic mass is 10.6. The van der Waals surface area contributed by atoms with E-state index in [0.717, 1.165) is 18.1 Å². The fourth-order valence-corrected chi connectivity index (χ4v) is 1.41. The standard InChI is InChI=1S/C9H14N4S/c1-2-4-14-5-3-11-9-12-6-8(10)7-13-9/h2,6-7H,1,3-5,10H2,(H,11,12,13). The molecule has 0 bridgehead atoms. The summed E-state index contributed by atoms with van der Waals surface area (Å²) in [5.74, 6) is 2.61. The molecule has 0 spiro atoms. The van der Waals surface area contributed by atoms with Crippen LogP contribution in [0.25, 0.3) is 0 Å². The molecule has 0 amide bonds. The Morgan fingerprint density at radius 1 is 1.50 bits per heavy atom. The highest BCUT2D eigenvalue weighted by Gasteiger charge is 1.93. The molecule has 1 aromatic heterocycles. The highest BCUT2D eigenvalue weighted by atomic mass is 32.2. The van der Waals surface area contributed by atoms with E-state index in [1.54, 1.807) is 12.4 Å². The molecule has 5 heteroatoms. The van der Waals surface area contributed by atoms with E-state index >= 15 is 0 Å². The highest BCUT2D eigenvalue weighted by molar-refractivity contribution is 7.99. The number of hydrogen-bond donors (Lipinski definition) is 2. The van der Waals surface area contributed by atoms with Gasteiger partial charge in [0, 0.05) is 18.1 Å². The summed E-state index contributed by atoms with van der Waals surface area (Å²) in [5.41, 5.74) is 6.03. The molecule has 0 unspecified atom stereocenters. The number of nitrogens with one attached hydrogen (secondary N) is 1. The van der Waals surface area contributed by atoms with Gasteiger partial charge in [-0.25, -0.2) is 9.97 Å². The van der Waals surface area contributed by atoms with Gasteiger partial charge in [-0.1, -0.05) is 6.08 Å². The highest BCUT2D eigenvalue weighted by Crippen LogP contribution is 2.02. The molecule has 3 N–H and O–H groups in total. The smallest absolute Gasteiger partial charge is 0.222 e. The number of thioether (sulfide) groups is 1. The second-order valence-electron chi connectivity index (χ2n) is 2.63. The van der Waals surface area contributed by atoms with Crippen molar-refractivity contribution in [3.63, 3.8) is 0 Å². The van der Waals surface area contributed by atoms with Crippen LogP contribution in [0.2, 0.25) is 0 Å². The van der Waals surface area contributed by atoms with Crippen LogP contribution in [0.15, 0.2) is 25.0 Å². The predicted molar refractivity (Wildman–Crippen MR) is 62.5 cm³/mol. The maximum absolute atomic E-state index is 5.45. The van der Waals surface area contributed by atoms with Gasteiger partial charge in [0.15, 0.2) is 0 Å². The van der Waals surface area contributed by atoms with Crippen LogP contribution in [0.5, 0.6) is 0 Å². The van der Waals surface area contributed by atoms with Crippen molar-refractivity contribution < 1.29 is 0 Å². The molecule has 0 aliphatic carbocycles. The minimum absolute atomic E-state index is 0.580. The molecular weight excluding hydrogens is 196 g/mol. The van der Waals surface area contributed by atoms with Gasteiger partial charge in [-0.15, -0.1) is 6.58 Å². The average Bonchev–Trinajstić information content (AvgIpc) is 2.21. The molecule has 0 atom stereocenters. The van der Waals surface area contributed by atoms with Gasteiger partial charge >= 0.3 is 0 Å². The van der Waals surface area contributed by atoms with Crippen LogP contribution in [-0.4, -0.2) is 28.0 Å². The number of hydrogen-bond acceptors (Lipinski definition) is 5. The zero-order valence-corrected chi connectivity index (χ0v) is 8.76. The van der Waals surface area contributed by atoms with E-state index in [-0.39, 0.29) is 0 Å². The molecular formula is C9H14N4S. The Labute approximate surface area is 88.0 Å². The minimum Gasteiger partial charge on any atom is -0.396 e. The molecule has 1 heterocycles. The first kappa shape index (κ1) is 10.8. The maximum atomic E-state index is 5.45. The molecule has 0 aliphatic heterocycles. The first-order valence-electron chi connectivity index (χ1n) is 4.33. The predicted octanol–water partition coefficient (Wildman–Crippen LogP) is 1.39. The van der Waals surface area contributed by atoms with Crippen molar-refractivity contribution in [2.45, 2.75) is 0 Å². The fraction of sp³-hybridized carbons (Fsp3) is 0.333. The molecule has 0 fully saturated rings. The monoisotopic (exact) mass is 210 g/mol. The maximum Gasteiger partial charge on any atom is 0.222 e. The van der Waals surface area contributed by atoms with Crippen LogP contribution in [-0.2, 0) is 0 Å². The third-order valence-electron chi connectivity index (χ3n) is 1.44. The van der Waals surface area contributed by atoms with Crippen molar-refractivity contribution in [3.05, 3.63) is 25.0 Å². The van der Waals surface area contributed by atoms with E-state index in [2.05, 4.69) is 21.9 Å². The van der Waals surface area contributed by atoms with Crippen LogP contribution < -0.4 is 11.1 Å². The van der Waals surface area contributed by atoms with Crippen LogP contribution >= 0.6 is 11.8 Å². The normalized spacial score (nSPS) is 9.71. The summed E-state index contributed by atoms with van der Waals surface area (Å²) in [5, 5.41) is 3.10.